The Kier molecular flexibility index (Phi) is 2.49. The summed E-state index contributed by atoms with van der Waals surface area (Å²) in [6, 6.07) is 0.0729. The standard InChI is InChI=1S/C8H16N2O/c1-6-4-5-9-8(11)7(6)10(2)3/h6-7H,4-5H2,1-3H3,(H,9,11)/t6-,7-/m0/s1. The Morgan fingerprint density at radius 1 is 1.55 bits per heavy atom. The van der Waals surface area contributed by atoms with Gasteiger partial charge in [0.1, 0.15) is 0 Å². The highest BCUT2D eigenvalue weighted by atomic mass is 16.2. The van der Waals surface area contributed by atoms with Crippen molar-refractivity contribution in [2.24, 2.45) is 5.92 Å². The van der Waals surface area contributed by atoms with Crippen molar-refractivity contribution >= 4 is 5.91 Å². The maximum atomic E-state index is 11.3. The van der Waals surface area contributed by atoms with Crippen LogP contribution < -0.4 is 5.32 Å². The Morgan fingerprint density at radius 3 is 2.55 bits per heavy atom. The third-order valence-corrected chi connectivity index (χ3v) is 2.26. The quantitative estimate of drug-likeness (QED) is 0.583. The molecule has 0 unspecified atom stereocenters. The molecule has 1 aliphatic heterocycles. The van der Waals surface area contributed by atoms with Crippen LogP contribution in [0.5, 0.6) is 0 Å². The number of rotatable bonds is 1. The predicted molar refractivity (Wildman–Crippen MR) is 44.3 cm³/mol. The number of nitrogens with one attached hydrogen (secondary N) is 1. The van der Waals surface area contributed by atoms with Gasteiger partial charge in [0.25, 0.3) is 0 Å². The molecule has 11 heavy (non-hydrogen) atoms. The number of carbonyl (C=O) groups is 1. The van der Waals surface area contributed by atoms with Crippen LogP contribution in [0.3, 0.4) is 0 Å². The largest absolute Gasteiger partial charge is 0.355 e. The summed E-state index contributed by atoms with van der Waals surface area (Å²) >= 11 is 0. The van der Waals surface area contributed by atoms with Crippen molar-refractivity contribution in [2.45, 2.75) is 19.4 Å². The first-order valence-corrected chi connectivity index (χ1v) is 4.07. The second kappa shape index (κ2) is 3.22. The van der Waals surface area contributed by atoms with Gasteiger partial charge in [0.05, 0.1) is 6.04 Å². The molecule has 3 nitrogen and oxygen atoms in total. The minimum Gasteiger partial charge on any atom is -0.355 e. The van der Waals surface area contributed by atoms with E-state index in [4.69, 9.17) is 0 Å². The molecule has 0 spiro atoms. The topological polar surface area (TPSA) is 32.3 Å². The summed E-state index contributed by atoms with van der Waals surface area (Å²) in [7, 11) is 3.90. The van der Waals surface area contributed by atoms with Crippen molar-refractivity contribution in [3.05, 3.63) is 0 Å². The van der Waals surface area contributed by atoms with E-state index in [1.807, 2.05) is 19.0 Å². The fourth-order valence-electron chi connectivity index (χ4n) is 1.69. The zero-order chi connectivity index (χ0) is 8.43. The Balaban J connectivity index is 2.63. The molecule has 0 aromatic carbocycles. The van der Waals surface area contributed by atoms with Crippen molar-refractivity contribution in [3.63, 3.8) is 0 Å². The maximum absolute atomic E-state index is 11.3. The van der Waals surface area contributed by atoms with Crippen molar-refractivity contribution in [2.75, 3.05) is 20.6 Å². The lowest BCUT2D eigenvalue weighted by molar-refractivity contribution is -0.129. The van der Waals surface area contributed by atoms with Gasteiger partial charge >= 0.3 is 0 Å². The molecule has 1 heterocycles. The number of hydrogen-bond donors (Lipinski definition) is 1. The molecule has 1 N–H and O–H groups in total. The number of hydrogen-bond acceptors (Lipinski definition) is 2. The molecule has 0 bridgehead atoms. The van der Waals surface area contributed by atoms with E-state index in [1.165, 1.54) is 0 Å². The Bertz CT molecular complexity index is 156. The second-order valence-corrected chi connectivity index (χ2v) is 3.47. The predicted octanol–water partition coefficient (Wildman–Crippen LogP) is 0.0726. The smallest absolute Gasteiger partial charge is 0.237 e. The number of piperidine rings is 1. The molecule has 1 saturated heterocycles. The number of carbonyl (C=O) groups excluding carboxylic acids is 1. The summed E-state index contributed by atoms with van der Waals surface area (Å²) in [5.41, 5.74) is 0. The van der Waals surface area contributed by atoms with E-state index in [1.54, 1.807) is 0 Å². The first kappa shape index (κ1) is 8.53. The third-order valence-electron chi connectivity index (χ3n) is 2.26. The van der Waals surface area contributed by atoms with E-state index in [2.05, 4.69) is 12.2 Å². The molecule has 64 valence electrons. The van der Waals surface area contributed by atoms with Crippen LogP contribution in [0.2, 0.25) is 0 Å². The summed E-state index contributed by atoms with van der Waals surface area (Å²) in [4.78, 5) is 13.3. The number of nitrogens with zero attached hydrogens (tertiary/aromatic N) is 1. The summed E-state index contributed by atoms with van der Waals surface area (Å²) in [6.45, 7) is 2.97. The molecular weight excluding hydrogens is 140 g/mol. The maximum Gasteiger partial charge on any atom is 0.237 e. The van der Waals surface area contributed by atoms with Crippen molar-refractivity contribution in [1.82, 2.24) is 10.2 Å². The molecule has 0 radical (unpaired) electrons. The Hall–Kier alpha value is -0.570. The molecule has 0 saturated carbocycles. The van der Waals surface area contributed by atoms with E-state index >= 15 is 0 Å². The SMILES string of the molecule is C[C@H]1CCNC(=O)[C@H]1N(C)C. The van der Waals surface area contributed by atoms with E-state index < -0.39 is 0 Å². The van der Waals surface area contributed by atoms with Gasteiger partial charge in [-0.3, -0.25) is 9.69 Å². The van der Waals surface area contributed by atoms with E-state index in [0.29, 0.717) is 5.92 Å². The van der Waals surface area contributed by atoms with Crippen LogP contribution in [0.25, 0.3) is 0 Å². The average Bonchev–Trinajstić information content (AvgIpc) is 1.85. The number of amides is 1. The molecule has 0 aromatic rings. The van der Waals surface area contributed by atoms with Crippen LogP contribution in [0.1, 0.15) is 13.3 Å². The first-order valence-electron chi connectivity index (χ1n) is 4.07. The van der Waals surface area contributed by atoms with Gasteiger partial charge in [0.2, 0.25) is 5.91 Å². The fraction of sp³-hybridized carbons (Fsp3) is 0.875. The molecule has 1 aliphatic rings. The van der Waals surface area contributed by atoms with E-state index in [-0.39, 0.29) is 11.9 Å². The fourth-order valence-corrected chi connectivity index (χ4v) is 1.69. The summed E-state index contributed by atoms with van der Waals surface area (Å²) in [5.74, 6) is 0.660. The van der Waals surface area contributed by atoms with Gasteiger partial charge in [-0.15, -0.1) is 0 Å². The molecule has 1 rings (SSSR count). The van der Waals surface area contributed by atoms with Gasteiger partial charge in [-0.25, -0.2) is 0 Å². The zero-order valence-corrected chi connectivity index (χ0v) is 7.42. The lowest BCUT2D eigenvalue weighted by Crippen LogP contribution is -2.52. The van der Waals surface area contributed by atoms with Gasteiger partial charge in [-0.1, -0.05) is 6.92 Å². The molecule has 1 fully saturated rings. The number of likely N-dealkylation sites (N-methyl/N-ethyl adjacent to an activating group) is 1. The molecule has 2 atom stereocenters. The van der Waals surface area contributed by atoms with Crippen LogP contribution in [0.4, 0.5) is 0 Å². The highest BCUT2D eigenvalue weighted by molar-refractivity contribution is 5.82. The molecule has 0 aliphatic carbocycles. The van der Waals surface area contributed by atoms with E-state index in [9.17, 15) is 4.79 Å². The van der Waals surface area contributed by atoms with Gasteiger partial charge < -0.3 is 5.32 Å². The summed E-state index contributed by atoms with van der Waals surface area (Å²) in [5, 5.41) is 2.86. The Morgan fingerprint density at radius 2 is 2.18 bits per heavy atom. The molecule has 3 heteroatoms. The first-order chi connectivity index (χ1) is 5.13. The van der Waals surface area contributed by atoms with Crippen molar-refractivity contribution < 1.29 is 4.79 Å². The third kappa shape index (κ3) is 1.71. The second-order valence-electron chi connectivity index (χ2n) is 3.47. The lowest BCUT2D eigenvalue weighted by Gasteiger charge is -2.32. The van der Waals surface area contributed by atoms with Gasteiger partial charge in [-0.05, 0) is 26.4 Å². The zero-order valence-electron chi connectivity index (χ0n) is 7.42. The summed E-state index contributed by atoms with van der Waals surface area (Å²) in [6.07, 6.45) is 1.09. The average molecular weight is 156 g/mol. The van der Waals surface area contributed by atoms with Gasteiger partial charge in [0, 0.05) is 6.54 Å². The minimum absolute atomic E-state index is 0.0729. The van der Waals surface area contributed by atoms with Crippen molar-refractivity contribution in [1.29, 1.82) is 0 Å². The molecule has 1 amide bonds. The van der Waals surface area contributed by atoms with Crippen LogP contribution >= 0.6 is 0 Å². The van der Waals surface area contributed by atoms with Gasteiger partial charge in [-0.2, -0.15) is 0 Å². The minimum atomic E-state index is 0.0729. The highest BCUT2D eigenvalue weighted by Gasteiger charge is 2.29. The van der Waals surface area contributed by atoms with Crippen LogP contribution in [0, 0.1) is 5.92 Å². The van der Waals surface area contributed by atoms with Crippen LogP contribution in [-0.4, -0.2) is 37.5 Å². The Labute approximate surface area is 67.8 Å². The molecular formula is C8H16N2O. The summed E-state index contributed by atoms with van der Waals surface area (Å²) < 4.78 is 0. The van der Waals surface area contributed by atoms with Crippen molar-refractivity contribution in [3.8, 4) is 0 Å². The van der Waals surface area contributed by atoms with Gasteiger partial charge in [0.15, 0.2) is 0 Å². The molecule has 0 aromatic heterocycles. The lowest BCUT2D eigenvalue weighted by atomic mass is 9.93. The van der Waals surface area contributed by atoms with E-state index in [0.717, 1.165) is 13.0 Å². The monoisotopic (exact) mass is 156 g/mol. The van der Waals surface area contributed by atoms with Crippen LogP contribution in [0.15, 0.2) is 0 Å². The van der Waals surface area contributed by atoms with Crippen LogP contribution in [-0.2, 0) is 4.79 Å². The normalized spacial score (nSPS) is 32.2. The highest BCUT2D eigenvalue weighted by Crippen LogP contribution is 2.15.